The van der Waals surface area contributed by atoms with Crippen LogP contribution in [0, 0.1) is 13.8 Å². The number of thiophene rings is 1. The van der Waals surface area contributed by atoms with Crippen molar-refractivity contribution in [3.8, 4) is 0 Å². The van der Waals surface area contributed by atoms with Crippen LogP contribution in [0.1, 0.15) is 9.75 Å². The zero-order valence-corrected chi connectivity index (χ0v) is 17.2. The maximum absolute atomic E-state index is 12.2. The Labute approximate surface area is 158 Å². The number of aliphatic imine (C=N–C) groups is 1. The third-order valence-electron chi connectivity index (χ3n) is 3.30. The number of nitrogens with one attached hydrogen (secondary N) is 1. The van der Waals surface area contributed by atoms with Gasteiger partial charge in [0.15, 0.2) is 5.96 Å². The molecule has 2 heterocycles. The number of hydrogen-bond acceptors (Lipinski definition) is 5. The van der Waals surface area contributed by atoms with Gasteiger partial charge >= 0.3 is 0 Å². The van der Waals surface area contributed by atoms with Crippen molar-refractivity contribution >= 4 is 51.3 Å². The number of rotatable bonds is 5. The summed E-state index contributed by atoms with van der Waals surface area (Å²) in [6.45, 7) is 6.94. The predicted octanol–water partition coefficient (Wildman–Crippen LogP) is 0.908. The molecule has 0 saturated carbocycles. The van der Waals surface area contributed by atoms with Gasteiger partial charge in [0.2, 0.25) is 10.0 Å². The highest BCUT2D eigenvalue weighted by Crippen LogP contribution is 2.24. The SMILES string of the molecule is Cc1cc(S(=O)(=O)NCCN=C(N)N2CCOCC2)c(C)s1.I. The highest BCUT2D eigenvalue weighted by molar-refractivity contribution is 14.0. The summed E-state index contributed by atoms with van der Waals surface area (Å²) in [4.78, 5) is 8.27. The number of sulfonamides is 1. The first-order chi connectivity index (χ1) is 10.4. The van der Waals surface area contributed by atoms with Crippen LogP contribution in [0.4, 0.5) is 0 Å². The minimum atomic E-state index is -3.48. The Morgan fingerprint density at radius 2 is 2.09 bits per heavy atom. The number of hydrogen-bond donors (Lipinski definition) is 2. The van der Waals surface area contributed by atoms with E-state index < -0.39 is 10.0 Å². The Morgan fingerprint density at radius 3 is 2.65 bits per heavy atom. The lowest BCUT2D eigenvalue weighted by Gasteiger charge is -2.27. The van der Waals surface area contributed by atoms with Gasteiger partial charge in [-0.15, -0.1) is 35.3 Å². The minimum Gasteiger partial charge on any atom is -0.378 e. The Morgan fingerprint density at radius 1 is 1.43 bits per heavy atom. The van der Waals surface area contributed by atoms with E-state index in [0.29, 0.717) is 43.7 Å². The van der Waals surface area contributed by atoms with Crippen LogP contribution in [0.5, 0.6) is 0 Å². The second kappa shape index (κ2) is 9.16. The van der Waals surface area contributed by atoms with Gasteiger partial charge in [-0.2, -0.15) is 0 Å². The molecule has 10 heteroatoms. The van der Waals surface area contributed by atoms with Gasteiger partial charge in [0.05, 0.1) is 24.7 Å². The first-order valence-corrected chi connectivity index (χ1v) is 9.39. The molecule has 1 saturated heterocycles. The van der Waals surface area contributed by atoms with Crippen LogP contribution < -0.4 is 10.5 Å². The van der Waals surface area contributed by atoms with E-state index in [2.05, 4.69) is 9.71 Å². The van der Waals surface area contributed by atoms with Crippen molar-refractivity contribution in [3.63, 3.8) is 0 Å². The maximum Gasteiger partial charge on any atom is 0.241 e. The standard InChI is InChI=1S/C13H22N4O3S2.HI/c1-10-9-12(11(2)21-10)22(18,19)16-4-3-15-13(14)17-5-7-20-8-6-17;/h9,16H,3-8H2,1-2H3,(H2,14,15);1H. The lowest BCUT2D eigenvalue weighted by molar-refractivity contribution is 0.0674. The number of aryl methyl sites for hydroxylation is 2. The lowest BCUT2D eigenvalue weighted by atomic mass is 10.4. The zero-order chi connectivity index (χ0) is 16.2. The molecule has 0 aromatic carbocycles. The minimum absolute atomic E-state index is 0. The topological polar surface area (TPSA) is 97.0 Å². The van der Waals surface area contributed by atoms with Gasteiger partial charge in [0.25, 0.3) is 0 Å². The second-order valence-corrected chi connectivity index (χ2v) is 8.21. The number of halogens is 1. The van der Waals surface area contributed by atoms with Gasteiger partial charge < -0.3 is 15.4 Å². The summed E-state index contributed by atoms with van der Waals surface area (Å²) in [6.07, 6.45) is 0. The van der Waals surface area contributed by atoms with Gasteiger partial charge in [-0.05, 0) is 19.9 Å². The molecule has 23 heavy (non-hydrogen) atoms. The Balaban J connectivity index is 0.00000264. The van der Waals surface area contributed by atoms with Gasteiger partial charge in [-0.25, -0.2) is 13.1 Å². The smallest absolute Gasteiger partial charge is 0.241 e. The zero-order valence-electron chi connectivity index (χ0n) is 13.2. The molecule has 1 aromatic heterocycles. The first kappa shape index (κ1) is 20.6. The Bertz CT molecular complexity index is 640. The van der Waals surface area contributed by atoms with Crippen molar-refractivity contribution in [1.29, 1.82) is 0 Å². The summed E-state index contributed by atoms with van der Waals surface area (Å²) in [5.74, 6) is 0.435. The van der Waals surface area contributed by atoms with Crippen molar-refractivity contribution in [3.05, 3.63) is 15.8 Å². The van der Waals surface area contributed by atoms with E-state index in [1.165, 1.54) is 11.3 Å². The number of morpholine rings is 1. The van der Waals surface area contributed by atoms with Crippen molar-refractivity contribution in [2.45, 2.75) is 18.7 Å². The largest absolute Gasteiger partial charge is 0.378 e. The third-order valence-corrected chi connectivity index (χ3v) is 5.98. The molecule has 7 nitrogen and oxygen atoms in total. The second-order valence-electron chi connectivity index (χ2n) is 5.01. The summed E-state index contributed by atoms with van der Waals surface area (Å²) in [5.41, 5.74) is 5.88. The predicted molar refractivity (Wildman–Crippen MR) is 103 cm³/mol. The van der Waals surface area contributed by atoms with Crippen molar-refractivity contribution < 1.29 is 13.2 Å². The van der Waals surface area contributed by atoms with Crippen LogP contribution in [0.15, 0.2) is 16.0 Å². The fourth-order valence-electron chi connectivity index (χ4n) is 2.19. The maximum atomic E-state index is 12.2. The molecule has 1 aromatic rings. The van der Waals surface area contributed by atoms with Gasteiger partial charge in [-0.3, -0.25) is 4.99 Å². The quantitative estimate of drug-likeness (QED) is 0.286. The average Bonchev–Trinajstić information content (AvgIpc) is 2.84. The van der Waals surface area contributed by atoms with Crippen LogP contribution in [0.2, 0.25) is 0 Å². The molecule has 1 fully saturated rings. The Kier molecular flexibility index (Phi) is 8.21. The number of nitrogens with zero attached hydrogens (tertiary/aromatic N) is 2. The van der Waals surface area contributed by atoms with E-state index in [1.54, 1.807) is 13.0 Å². The summed E-state index contributed by atoms with van der Waals surface area (Å²) in [5, 5.41) is 0. The highest BCUT2D eigenvalue weighted by atomic mass is 127. The molecule has 0 atom stereocenters. The van der Waals surface area contributed by atoms with Gasteiger partial charge in [0, 0.05) is 29.4 Å². The van der Waals surface area contributed by atoms with Gasteiger partial charge in [0.1, 0.15) is 0 Å². The average molecular weight is 474 g/mol. The van der Waals surface area contributed by atoms with E-state index in [1.807, 2.05) is 11.8 Å². The van der Waals surface area contributed by atoms with E-state index in [-0.39, 0.29) is 30.5 Å². The van der Waals surface area contributed by atoms with Gasteiger partial charge in [-0.1, -0.05) is 0 Å². The van der Waals surface area contributed by atoms with Crippen molar-refractivity contribution in [1.82, 2.24) is 9.62 Å². The molecule has 1 aliphatic heterocycles. The molecule has 0 spiro atoms. The molecule has 2 rings (SSSR count). The highest BCUT2D eigenvalue weighted by Gasteiger charge is 2.18. The molecule has 0 bridgehead atoms. The molecular formula is C13H23IN4O3S2. The number of nitrogens with two attached hydrogens (primary N) is 1. The monoisotopic (exact) mass is 474 g/mol. The first-order valence-electron chi connectivity index (χ1n) is 7.09. The molecule has 3 N–H and O–H groups in total. The van der Waals surface area contributed by atoms with E-state index >= 15 is 0 Å². The third kappa shape index (κ3) is 5.85. The van der Waals surface area contributed by atoms with Crippen LogP contribution in [0.3, 0.4) is 0 Å². The summed E-state index contributed by atoms with van der Waals surface area (Å²) in [7, 11) is -3.48. The van der Waals surface area contributed by atoms with E-state index in [0.717, 1.165) is 9.75 Å². The Hall–Kier alpha value is -0.430. The fraction of sp³-hybridized carbons (Fsp3) is 0.615. The van der Waals surface area contributed by atoms with Crippen LogP contribution in [-0.2, 0) is 14.8 Å². The molecule has 132 valence electrons. The molecule has 0 aliphatic carbocycles. The molecule has 1 aliphatic rings. The van der Waals surface area contributed by atoms with E-state index in [4.69, 9.17) is 10.5 Å². The molecule has 0 unspecified atom stereocenters. The van der Waals surface area contributed by atoms with E-state index in [9.17, 15) is 8.42 Å². The van der Waals surface area contributed by atoms with Crippen LogP contribution in [-0.4, -0.2) is 58.7 Å². The lowest BCUT2D eigenvalue weighted by Crippen LogP contribution is -2.45. The summed E-state index contributed by atoms with van der Waals surface area (Å²) in [6, 6.07) is 1.69. The van der Waals surface area contributed by atoms with Crippen LogP contribution >= 0.6 is 35.3 Å². The molecule has 0 amide bonds. The number of guanidine groups is 1. The normalized spacial score (nSPS) is 16.3. The van der Waals surface area contributed by atoms with Crippen molar-refractivity contribution in [2.75, 3.05) is 39.4 Å². The number of ether oxygens (including phenoxy) is 1. The van der Waals surface area contributed by atoms with Crippen LogP contribution in [0.25, 0.3) is 0 Å². The van der Waals surface area contributed by atoms with Crippen molar-refractivity contribution in [2.24, 2.45) is 10.7 Å². The molecular weight excluding hydrogens is 451 g/mol. The summed E-state index contributed by atoms with van der Waals surface area (Å²) >= 11 is 1.47. The molecule has 0 radical (unpaired) electrons. The fourth-order valence-corrected chi connectivity index (χ4v) is 4.77. The summed E-state index contributed by atoms with van der Waals surface area (Å²) < 4.78 is 32.2.